The van der Waals surface area contributed by atoms with Crippen LogP contribution >= 0.6 is 0 Å². The molecule has 0 spiro atoms. The Morgan fingerprint density at radius 2 is 0.897 bits per heavy atom. The second-order valence-corrected chi connectivity index (χ2v) is 7.91. The summed E-state index contributed by atoms with van der Waals surface area (Å²) in [7, 11) is 0. The van der Waals surface area contributed by atoms with Crippen molar-refractivity contribution in [1.29, 1.82) is 15.8 Å². The third-order valence-electron chi connectivity index (χ3n) is 5.82. The van der Waals surface area contributed by atoms with E-state index in [9.17, 15) is 64.1 Å². The van der Waals surface area contributed by atoms with Crippen LogP contribution in [-0.4, -0.2) is 0 Å². The summed E-state index contributed by atoms with van der Waals surface area (Å²) >= 11 is 0. The predicted octanol–water partition coefficient (Wildman–Crippen LogP) is 7.63. The maximum absolute atomic E-state index is 14.7. The second kappa shape index (κ2) is 8.84. The zero-order valence-electron chi connectivity index (χ0n) is 18.3. The molecule has 0 aromatic heterocycles. The van der Waals surface area contributed by atoms with Gasteiger partial charge in [-0.25, -0.2) is 22.0 Å². The molecule has 1 aliphatic rings. The Kier molecular flexibility index (Phi) is 6.16. The van der Waals surface area contributed by atoms with Gasteiger partial charge >= 0.3 is 12.4 Å². The van der Waals surface area contributed by atoms with Gasteiger partial charge in [0.25, 0.3) is 0 Å². The fourth-order valence-corrected chi connectivity index (χ4v) is 4.19. The molecule has 14 heteroatoms. The van der Waals surface area contributed by atoms with E-state index in [2.05, 4.69) is 0 Å². The quantitative estimate of drug-likeness (QED) is 0.105. The summed E-state index contributed by atoms with van der Waals surface area (Å²) in [5.41, 5.74) is -12.3. The van der Waals surface area contributed by atoms with Crippen LogP contribution in [0.4, 0.5) is 48.3 Å². The molecule has 0 N–H and O–H groups in total. The molecule has 196 valence electrons. The van der Waals surface area contributed by atoms with Crippen molar-refractivity contribution >= 4 is 11.1 Å². The van der Waals surface area contributed by atoms with Crippen LogP contribution < -0.4 is 0 Å². The molecule has 0 fully saturated rings. The molecular formula is C25H4F11N3. The highest BCUT2D eigenvalue weighted by Gasteiger charge is 2.41. The van der Waals surface area contributed by atoms with Gasteiger partial charge in [0.05, 0.1) is 45.5 Å². The Hall–Kier alpha value is -4.90. The summed E-state index contributed by atoms with van der Waals surface area (Å²) in [5, 5.41) is 28.3. The summed E-state index contributed by atoms with van der Waals surface area (Å²) in [6.07, 6.45) is -10.4. The summed E-state index contributed by atoms with van der Waals surface area (Å²) in [5.74, 6) is -12.6. The normalized spacial score (nSPS) is 12.4. The van der Waals surface area contributed by atoms with Gasteiger partial charge in [0.15, 0.2) is 23.3 Å². The molecule has 3 aromatic carbocycles. The number of rotatable bonds is 1. The zero-order chi connectivity index (χ0) is 29.2. The van der Waals surface area contributed by atoms with Gasteiger partial charge in [-0.2, -0.15) is 42.1 Å². The Labute approximate surface area is 209 Å². The van der Waals surface area contributed by atoms with Crippen LogP contribution in [0.3, 0.4) is 0 Å². The van der Waals surface area contributed by atoms with E-state index in [1.165, 1.54) is 18.2 Å². The van der Waals surface area contributed by atoms with Crippen LogP contribution in [0.25, 0.3) is 22.3 Å². The minimum absolute atomic E-state index is 0.249. The van der Waals surface area contributed by atoms with Crippen molar-refractivity contribution in [3.05, 3.63) is 92.3 Å². The number of nitriles is 3. The molecule has 0 bridgehead atoms. The first-order chi connectivity index (χ1) is 18.1. The average molecular weight is 555 g/mol. The summed E-state index contributed by atoms with van der Waals surface area (Å²) in [6.45, 7) is 0. The van der Waals surface area contributed by atoms with Crippen molar-refractivity contribution in [3.8, 4) is 29.3 Å². The van der Waals surface area contributed by atoms with E-state index in [-0.39, 0.29) is 12.1 Å². The first-order valence-electron chi connectivity index (χ1n) is 10.1. The van der Waals surface area contributed by atoms with E-state index in [1.54, 1.807) is 0 Å². The molecule has 3 nitrogen and oxygen atoms in total. The lowest BCUT2D eigenvalue weighted by molar-refractivity contribution is -0.138. The number of hydrogen-bond acceptors (Lipinski definition) is 3. The van der Waals surface area contributed by atoms with Crippen LogP contribution in [0.2, 0.25) is 0 Å². The summed E-state index contributed by atoms with van der Waals surface area (Å²) in [6, 6.07) is 5.02. The van der Waals surface area contributed by atoms with Crippen LogP contribution in [-0.2, 0) is 12.4 Å². The number of alkyl halides is 6. The van der Waals surface area contributed by atoms with Gasteiger partial charge in [0, 0.05) is 5.57 Å². The maximum atomic E-state index is 14.7. The highest BCUT2D eigenvalue weighted by atomic mass is 19.4. The third-order valence-corrected chi connectivity index (χ3v) is 5.82. The number of hydrogen-bond donors (Lipinski definition) is 0. The lowest BCUT2D eigenvalue weighted by atomic mass is 9.90. The van der Waals surface area contributed by atoms with E-state index in [1.807, 2.05) is 0 Å². The Balaban J connectivity index is 2.29. The monoisotopic (exact) mass is 555 g/mol. The molecule has 0 heterocycles. The Morgan fingerprint density at radius 3 is 1.21 bits per heavy atom. The number of allylic oxidation sites excluding steroid dienone is 1. The van der Waals surface area contributed by atoms with Crippen LogP contribution in [0.15, 0.2) is 24.3 Å². The van der Waals surface area contributed by atoms with Gasteiger partial charge < -0.3 is 0 Å². The molecule has 39 heavy (non-hydrogen) atoms. The predicted molar refractivity (Wildman–Crippen MR) is 109 cm³/mol. The molecule has 0 saturated carbocycles. The smallest absolute Gasteiger partial charge is 0.203 e. The molecule has 1 aliphatic carbocycles. The molecule has 0 amide bonds. The summed E-state index contributed by atoms with van der Waals surface area (Å²) in [4.78, 5) is 0. The molecule has 0 atom stereocenters. The van der Waals surface area contributed by atoms with E-state index < -0.39 is 103 Å². The summed E-state index contributed by atoms with van der Waals surface area (Å²) < 4.78 is 153. The van der Waals surface area contributed by atoms with E-state index >= 15 is 0 Å². The van der Waals surface area contributed by atoms with Gasteiger partial charge in [0.1, 0.15) is 6.07 Å². The van der Waals surface area contributed by atoms with E-state index in [4.69, 9.17) is 0 Å². The molecule has 0 aliphatic heterocycles. The van der Waals surface area contributed by atoms with E-state index in [0.29, 0.717) is 12.1 Å². The minimum Gasteiger partial charge on any atom is -0.203 e. The molecule has 0 saturated heterocycles. The fraction of sp³-hybridized carbons (Fsp3) is 0.0800. The van der Waals surface area contributed by atoms with Crippen molar-refractivity contribution < 1.29 is 48.3 Å². The third kappa shape index (κ3) is 4.03. The number of benzene rings is 3. The number of nitrogens with zero attached hydrogens (tertiary/aromatic N) is 3. The standard InChI is InChI=1S/C25H4F11N3/c26-19-18(20(27)22(29)23(30)21(19)28)14(7-39)17-12-1-8(5-37)15(24(31,32)33)3-10(12)11-4-16(25(34,35)36)9(6-38)2-13(11)17/h1-4H. The molecule has 0 unspecified atom stereocenters. The Morgan fingerprint density at radius 1 is 0.538 bits per heavy atom. The fourth-order valence-electron chi connectivity index (χ4n) is 4.19. The molecule has 4 rings (SSSR count). The molecule has 3 aromatic rings. The number of fused-ring (bicyclic) bond motifs is 3. The van der Waals surface area contributed by atoms with Crippen LogP contribution in [0, 0.1) is 63.1 Å². The van der Waals surface area contributed by atoms with Crippen molar-refractivity contribution in [2.45, 2.75) is 12.4 Å². The largest absolute Gasteiger partial charge is 0.417 e. The maximum Gasteiger partial charge on any atom is 0.417 e. The number of halogens is 11. The highest BCUT2D eigenvalue weighted by molar-refractivity contribution is 6.13. The minimum atomic E-state index is -5.22. The topological polar surface area (TPSA) is 71.4 Å². The van der Waals surface area contributed by atoms with Gasteiger partial charge in [-0.1, -0.05) is 0 Å². The lowest BCUT2D eigenvalue weighted by Gasteiger charge is -2.14. The van der Waals surface area contributed by atoms with Gasteiger partial charge in [0.2, 0.25) is 5.82 Å². The van der Waals surface area contributed by atoms with Crippen molar-refractivity contribution in [3.63, 3.8) is 0 Å². The van der Waals surface area contributed by atoms with E-state index in [0.717, 1.165) is 0 Å². The van der Waals surface area contributed by atoms with Crippen molar-refractivity contribution in [2.75, 3.05) is 0 Å². The molecule has 0 radical (unpaired) electrons. The first-order valence-corrected chi connectivity index (χ1v) is 10.1. The Bertz CT molecular complexity index is 1650. The van der Waals surface area contributed by atoms with Crippen molar-refractivity contribution in [1.82, 2.24) is 0 Å². The van der Waals surface area contributed by atoms with Crippen LogP contribution in [0.5, 0.6) is 0 Å². The molecular weight excluding hydrogens is 551 g/mol. The SMILES string of the molecule is N#CC(=C1c2cc(C#N)c(C(F)(F)F)cc2-c2cc(C(F)(F)F)c(C#N)cc21)c1c(F)c(F)c(F)c(F)c1F. The van der Waals surface area contributed by atoms with Crippen LogP contribution in [0.1, 0.15) is 38.9 Å². The highest BCUT2D eigenvalue weighted by Crippen LogP contribution is 2.52. The van der Waals surface area contributed by atoms with Crippen molar-refractivity contribution in [2.24, 2.45) is 0 Å². The first kappa shape index (κ1) is 27.1. The van der Waals surface area contributed by atoms with Gasteiger partial charge in [-0.05, 0) is 46.5 Å². The second-order valence-electron chi connectivity index (χ2n) is 7.91. The average Bonchev–Trinajstić information content (AvgIpc) is 3.18. The lowest BCUT2D eigenvalue weighted by Crippen LogP contribution is -2.09. The van der Waals surface area contributed by atoms with Gasteiger partial charge in [-0.3, -0.25) is 0 Å². The van der Waals surface area contributed by atoms with Gasteiger partial charge in [-0.15, -0.1) is 0 Å². The zero-order valence-corrected chi connectivity index (χ0v) is 18.3.